The topological polar surface area (TPSA) is 44.1 Å². The highest BCUT2D eigenvalue weighted by molar-refractivity contribution is 5.76. The zero-order valence-electron chi connectivity index (χ0n) is 8.99. The molecule has 1 atom stereocenters. The summed E-state index contributed by atoms with van der Waals surface area (Å²) >= 11 is 0. The highest BCUT2D eigenvalue weighted by Crippen LogP contribution is 2.17. The minimum atomic E-state index is 0.0554. The highest BCUT2D eigenvalue weighted by atomic mass is 16.2. The monoisotopic (exact) mass is 194 g/mol. The van der Waals surface area contributed by atoms with Crippen molar-refractivity contribution < 1.29 is 4.79 Å². The van der Waals surface area contributed by atoms with Crippen LogP contribution in [-0.2, 0) is 4.79 Å². The Balaban J connectivity index is 2.44. The summed E-state index contributed by atoms with van der Waals surface area (Å²) < 4.78 is 0. The Morgan fingerprint density at radius 1 is 1.64 bits per heavy atom. The molecule has 0 spiro atoms. The molecule has 0 aromatic rings. The number of carbonyl (C=O) groups excluding carboxylic acids is 1. The lowest BCUT2D eigenvalue weighted by Gasteiger charge is -2.30. The van der Waals surface area contributed by atoms with Gasteiger partial charge in [0.2, 0.25) is 5.91 Å². The predicted molar refractivity (Wildman–Crippen MR) is 54.4 cm³/mol. The van der Waals surface area contributed by atoms with Gasteiger partial charge in [-0.1, -0.05) is 13.8 Å². The average molecular weight is 194 g/mol. The van der Waals surface area contributed by atoms with Crippen molar-refractivity contribution in [2.24, 2.45) is 11.8 Å². The number of hydrogen-bond donors (Lipinski definition) is 0. The van der Waals surface area contributed by atoms with Gasteiger partial charge in [-0.2, -0.15) is 5.26 Å². The van der Waals surface area contributed by atoms with Crippen LogP contribution >= 0.6 is 0 Å². The van der Waals surface area contributed by atoms with E-state index in [9.17, 15) is 4.79 Å². The Hall–Kier alpha value is -1.04. The maximum absolute atomic E-state index is 11.7. The van der Waals surface area contributed by atoms with Gasteiger partial charge in [-0.05, 0) is 18.8 Å². The molecule has 1 amide bonds. The molecule has 0 bridgehead atoms. The number of carbonyl (C=O) groups is 1. The second-order valence-corrected chi connectivity index (χ2v) is 4.41. The number of nitriles is 1. The number of piperidine rings is 1. The Bertz CT molecular complexity index is 242. The van der Waals surface area contributed by atoms with E-state index in [0.717, 1.165) is 19.4 Å². The largest absolute Gasteiger partial charge is 0.341 e. The molecule has 1 unspecified atom stereocenters. The molecule has 14 heavy (non-hydrogen) atoms. The van der Waals surface area contributed by atoms with Crippen LogP contribution < -0.4 is 0 Å². The van der Waals surface area contributed by atoms with Gasteiger partial charge in [0.05, 0.1) is 12.0 Å². The van der Waals surface area contributed by atoms with Gasteiger partial charge < -0.3 is 4.90 Å². The normalized spacial score (nSPS) is 22.1. The zero-order chi connectivity index (χ0) is 10.6. The van der Waals surface area contributed by atoms with Crippen LogP contribution in [0.5, 0.6) is 0 Å². The second kappa shape index (κ2) is 4.99. The van der Waals surface area contributed by atoms with Crippen LogP contribution in [-0.4, -0.2) is 23.9 Å². The van der Waals surface area contributed by atoms with Gasteiger partial charge in [0.25, 0.3) is 0 Å². The van der Waals surface area contributed by atoms with E-state index >= 15 is 0 Å². The summed E-state index contributed by atoms with van der Waals surface area (Å²) in [7, 11) is 0. The minimum absolute atomic E-state index is 0.0554. The predicted octanol–water partition coefficient (Wildman–Crippen LogP) is 1.79. The lowest BCUT2D eigenvalue weighted by atomic mass is 9.99. The van der Waals surface area contributed by atoms with E-state index in [1.54, 1.807) is 0 Å². The second-order valence-electron chi connectivity index (χ2n) is 4.41. The Morgan fingerprint density at radius 3 is 2.93 bits per heavy atom. The molecule has 1 aliphatic heterocycles. The summed E-state index contributed by atoms with van der Waals surface area (Å²) in [4.78, 5) is 13.5. The SMILES string of the molecule is CC(C)CC(=O)N1CCCC(C#N)C1. The van der Waals surface area contributed by atoms with Gasteiger partial charge in [0.15, 0.2) is 0 Å². The summed E-state index contributed by atoms with van der Waals surface area (Å²) in [6.07, 6.45) is 2.53. The zero-order valence-corrected chi connectivity index (χ0v) is 8.99. The Labute approximate surface area is 85.7 Å². The van der Waals surface area contributed by atoms with E-state index in [1.807, 2.05) is 18.7 Å². The molecule has 1 saturated heterocycles. The van der Waals surface area contributed by atoms with Crippen LogP contribution in [0.4, 0.5) is 0 Å². The van der Waals surface area contributed by atoms with E-state index < -0.39 is 0 Å². The molecule has 1 aliphatic rings. The van der Waals surface area contributed by atoms with Crippen LogP contribution in [0.25, 0.3) is 0 Å². The fourth-order valence-corrected chi connectivity index (χ4v) is 1.79. The van der Waals surface area contributed by atoms with E-state index in [-0.39, 0.29) is 11.8 Å². The maximum atomic E-state index is 11.7. The van der Waals surface area contributed by atoms with Crippen molar-refractivity contribution >= 4 is 5.91 Å². The van der Waals surface area contributed by atoms with E-state index in [1.165, 1.54) is 0 Å². The molecule has 1 fully saturated rings. The number of hydrogen-bond acceptors (Lipinski definition) is 2. The molecule has 0 aromatic carbocycles. The first-order valence-electron chi connectivity index (χ1n) is 5.31. The minimum Gasteiger partial charge on any atom is -0.341 e. The summed E-state index contributed by atoms with van der Waals surface area (Å²) in [6, 6.07) is 2.25. The molecular formula is C11H18N2O. The first-order valence-corrected chi connectivity index (χ1v) is 5.31. The molecular weight excluding hydrogens is 176 g/mol. The molecule has 0 aromatic heterocycles. The van der Waals surface area contributed by atoms with Crippen molar-refractivity contribution in [2.75, 3.05) is 13.1 Å². The summed E-state index contributed by atoms with van der Waals surface area (Å²) in [5.74, 6) is 0.671. The van der Waals surface area contributed by atoms with Crippen LogP contribution in [0.3, 0.4) is 0 Å². The summed E-state index contributed by atoms with van der Waals surface area (Å²) in [5, 5.41) is 8.78. The average Bonchev–Trinajstić information content (AvgIpc) is 2.17. The number of nitrogens with zero attached hydrogens (tertiary/aromatic N) is 2. The number of likely N-dealkylation sites (tertiary alicyclic amines) is 1. The molecule has 0 radical (unpaired) electrons. The lowest BCUT2D eigenvalue weighted by molar-refractivity contribution is -0.133. The third-order valence-corrected chi connectivity index (χ3v) is 2.54. The fourth-order valence-electron chi connectivity index (χ4n) is 1.79. The van der Waals surface area contributed by atoms with Gasteiger partial charge in [-0.3, -0.25) is 4.79 Å². The highest BCUT2D eigenvalue weighted by Gasteiger charge is 2.23. The van der Waals surface area contributed by atoms with Crippen LogP contribution in [0, 0.1) is 23.2 Å². The first kappa shape index (κ1) is 11.0. The van der Waals surface area contributed by atoms with Crippen molar-refractivity contribution in [1.82, 2.24) is 4.90 Å². The Morgan fingerprint density at radius 2 is 2.36 bits per heavy atom. The fraction of sp³-hybridized carbons (Fsp3) is 0.818. The molecule has 78 valence electrons. The van der Waals surface area contributed by atoms with Crippen molar-refractivity contribution in [3.8, 4) is 6.07 Å². The molecule has 1 heterocycles. The first-order chi connectivity index (χ1) is 6.63. The van der Waals surface area contributed by atoms with Crippen LogP contribution in [0.1, 0.15) is 33.1 Å². The van der Waals surface area contributed by atoms with Gasteiger partial charge in [0, 0.05) is 19.5 Å². The Kier molecular flexibility index (Phi) is 3.94. The van der Waals surface area contributed by atoms with E-state index in [4.69, 9.17) is 5.26 Å². The summed E-state index contributed by atoms with van der Waals surface area (Å²) in [5.41, 5.74) is 0. The quantitative estimate of drug-likeness (QED) is 0.672. The van der Waals surface area contributed by atoms with Crippen molar-refractivity contribution in [3.05, 3.63) is 0 Å². The maximum Gasteiger partial charge on any atom is 0.222 e. The molecule has 0 saturated carbocycles. The smallest absolute Gasteiger partial charge is 0.222 e. The molecule has 0 aliphatic carbocycles. The van der Waals surface area contributed by atoms with E-state index in [0.29, 0.717) is 18.9 Å². The van der Waals surface area contributed by atoms with Gasteiger partial charge in [0.1, 0.15) is 0 Å². The standard InChI is InChI=1S/C11H18N2O/c1-9(2)6-11(14)13-5-3-4-10(7-12)8-13/h9-10H,3-6,8H2,1-2H3. The van der Waals surface area contributed by atoms with E-state index in [2.05, 4.69) is 6.07 Å². The summed E-state index contributed by atoms with van der Waals surface area (Å²) in [6.45, 7) is 5.57. The number of amides is 1. The molecule has 1 rings (SSSR count). The third-order valence-electron chi connectivity index (χ3n) is 2.54. The third kappa shape index (κ3) is 3.02. The van der Waals surface area contributed by atoms with Gasteiger partial charge >= 0.3 is 0 Å². The molecule has 3 nitrogen and oxygen atoms in total. The van der Waals surface area contributed by atoms with Crippen molar-refractivity contribution in [1.29, 1.82) is 5.26 Å². The van der Waals surface area contributed by atoms with Crippen molar-refractivity contribution in [3.63, 3.8) is 0 Å². The number of rotatable bonds is 2. The lowest BCUT2D eigenvalue weighted by Crippen LogP contribution is -2.39. The van der Waals surface area contributed by atoms with Gasteiger partial charge in [-0.25, -0.2) is 0 Å². The van der Waals surface area contributed by atoms with Gasteiger partial charge in [-0.15, -0.1) is 0 Å². The van der Waals surface area contributed by atoms with Crippen LogP contribution in [0.15, 0.2) is 0 Å². The molecule has 0 N–H and O–H groups in total. The van der Waals surface area contributed by atoms with Crippen molar-refractivity contribution in [2.45, 2.75) is 33.1 Å². The van der Waals surface area contributed by atoms with Crippen LogP contribution in [0.2, 0.25) is 0 Å². The molecule has 3 heteroatoms.